The number of carbonyl (C=O) groups excluding carboxylic acids is 1. The summed E-state index contributed by atoms with van der Waals surface area (Å²) in [5.41, 5.74) is 1.35. The number of aromatic nitrogens is 1. The van der Waals surface area contributed by atoms with Crippen LogP contribution in [0.4, 0.5) is 10.1 Å². The first-order chi connectivity index (χ1) is 13.6. The number of carbonyl (C=O) groups is 1. The van der Waals surface area contributed by atoms with Crippen molar-refractivity contribution in [3.05, 3.63) is 82.9 Å². The van der Waals surface area contributed by atoms with E-state index in [1.54, 1.807) is 42.6 Å². The molecule has 0 unspecified atom stereocenters. The number of amides is 1. The summed E-state index contributed by atoms with van der Waals surface area (Å²) in [5, 5.41) is 3.51. The SMILES string of the molecule is O=C(CCc1ncc(-c2ccc(F)cc2)o1)Nc1ccc2oc(=O)ccc2c1. The molecule has 7 heteroatoms. The molecule has 4 aromatic rings. The van der Waals surface area contributed by atoms with Gasteiger partial charge in [-0.25, -0.2) is 14.2 Å². The van der Waals surface area contributed by atoms with Gasteiger partial charge in [0.25, 0.3) is 0 Å². The third-order valence-electron chi connectivity index (χ3n) is 4.15. The Bertz CT molecular complexity index is 1190. The smallest absolute Gasteiger partial charge is 0.336 e. The average molecular weight is 378 g/mol. The summed E-state index contributed by atoms with van der Waals surface area (Å²) in [6.07, 6.45) is 2.07. The number of hydrogen-bond donors (Lipinski definition) is 1. The van der Waals surface area contributed by atoms with Crippen molar-refractivity contribution in [2.24, 2.45) is 0 Å². The van der Waals surface area contributed by atoms with Crippen LogP contribution < -0.4 is 10.9 Å². The number of hydrogen-bond acceptors (Lipinski definition) is 5. The van der Waals surface area contributed by atoms with Crippen LogP contribution >= 0.6 is 0 Å². The molecule has 0 spiro atoms. The zero-order chi connectivity index (χ0) is 19.5. The van der Waals surface area contributed by atoms with E-state index < -0.39 is 5.63 Å². The Morgan fingerprint density at radius 3 is 2.68 bits per heavy atom. The topological polar surface area (TPSA) is 85.3 Å². The fraction of sp³-hybridized carbons (Fsp3) is 0.0952. The van der Waals surface area contributed by atoms with Crippen LogP contribution in [-0.4, -0.2) is 10.9 Å². The molecule has 4 rings (SSSR count). The van der Waals surface area contributed by atoms with Crippen LogP contribution in [0.15, 0.2) is 74.4 Å². The molecule has 0 bridgehead atoms. The van der Waals surface area contributed by atoms with Crippen LogP contribution in [0, 0.1) is 5.82 Å². The first-order valence-electron chi connectivity index (χ1n) is 8.61. The molecule has 6 nitrogen and oxygen atoms in total. The van der Waals surface area contributed by atoms with E-state index in [2.05, 4.69) is 10.3 Å². The Morgan fingerprint density at radius 2 is 1.86 bits per heavy atom. The zero-order valence-electron chi connectivity index (χ0n) is 14.6. The van der Waals surface area contributed by atoms with Crippen LogP contribution in [0.1, 0.15) is 12.3 Å². The lowest BCUT2D eigenvalue weighted by Gasteiger charge is -2.05. The van der Waals surface area contributed by atoms with Crippen LogP contribution in [0.25, 0.3) is 22.3 Å². The minimum Gasteiger partial charge on any atom is -0.441 e. The van der Waals surface area contributed by atoms with E-state index in [1.165, 1.54) is 18.2 Å². The van der Waals surface area contributed by atoms with Crippen molar-refractivity contribution in [2.45, 2.75) is 12.8 Å². The monoisotopic (exact) mass is 378 g/mol. The lowest BCUT2D eigenvalue weighted by Crippen LogP contribution is -2.12. The molecule has 0 radical (unpaired) electrons. The minimum absolute atomic E-state index is 0.186. The maximum absolute atomic E-state index is 13.0. The lowest BCUT2D eigenvalue weighted by atomic mass is 10.2. The number of oxazole rings is 1. The number of benzene rings is 2. The van der Waals surface area contributed by atoms with E-state index in [0.29, 0.717) is 40.3 Å². The Morgan fingerprint density at radius 1 is 1.04 bits per heavy atom. The van der Waals surface area contributed by atoms with Gasteiger partial charge >= 0.3 is 5.63 Å². The van der Waals surface area contributed by atoms with Gasteiger partial charge in [-0.3, -0.25) is 4.79 Å². The molecule has 2 aromatic heterocycles. The fourth-order valence-electron chi connectivity index (χ4n) is 2.77. The van der Waals surface area contributed by atoms with Crippen LogP contribution in [0.2, 0.25) is 0 Å². The fourth-order valence-corrected chi connectivity index (χ4v) is 2.77. The molecule has 1 amide bonds. The van der Waals surface area contributed by atoms with E-state index in [1.807, 2.05) is 0 Å². The number of nitrogens with one attached hydrogen (secondary N) is 1. The van der Waals surface area contributed by atoms with E-state index in [4.69, 9.17) is 8.83 Å². The number of aryl methyl sites for hydroxylation is 1. The highest BCUT2D eigenvalue weighted by Crippen LogP contribution is 2.21. The van der Waals surface area contributed by atoms with E-state index >= 15 is 0 Å². The van der Waals surface area contributed by atoms with E-state index in [0.717, 1.165) is 0 Å². The summed E-state index contributed by atoms with van der Waals surface area (Å²) >= 11 is 0. The minimum atomic E-state index is -0.421. The summed E-state index contributed by atoms with van der Waals surface area (Å²) in [4.78, 5) is 27.6. The number of halogens is 1. The zero-order valence-corrected chi connectivity index (χ0v) is 14.6. The lowest BCUT2D eigenvalue weighted by molar-refractivity contribution is -0.116. The standard InChI is InChI=1S/C21H15FN2O4/c22-15-4-1-13(2-5-15)18-12-23-20(27-18)9-8-19(25)24-16-6-7-17-14(11-16)3-10-21(26)28-17/h1-7,10-12H,8-9H2,(H,24,25). The summed E-state index contributed by atoms with van der Waals surface area (Å²) in [6, 6.07) is 13.9. The van der Waals surface area contributed by atoms with Gasteiger partial charge in [-0.05, 0) is 48.5 Å². The largest absolute Gasteiger partial charge is 0.441 e. The van der Waals surface area contributed by atoms with Gasteiger partial charge in [0.2, 0.25) is 5.91 Å². The highest BCUT2D eigenvalue weighted by atomic mass is 19.1. The van der Waals surface area contributed by atoms with Gasteiger partial charge in [0, 0.05) is 35.5 Å². The van der Waals surface area contributed by atoms with Crippen molar-refractivity contribution in [1.82, 2.24) is 4.98 Å². The van der Waals surface area contributed by atoms with Crippen LogP contribution in [0.5, 0.6) is 0 Å². The summed E-state index contributed by atoms with van der Waals surface area (Å²) in [5.74, 6) is 0.426. The Labute approximate surface area is 158 Å². The number of rotatable bonds is 5. The molecule has 0 saturated carbocycles. The van der Waals surface area contributed by atoms with Gasteiger partial charge in [-0.1, -0.05) is 0 Å². The second kappa shape index (κ2) is 7.48. The van der Waals surface area contributed by atoms with Gasteiger partial charge in [0.1, 0.15) is 11.4 Å². The van der Waals surface area contributed by atoms with Crippen molar-refractivity contribution >= 4 is 22.6 Å². The molecule has 2 aromatic carbocycles. The van der Waals surface area contributed by atoms with E-state index in [9.17, 15) is 14.0 Å². The van der Waals surface area contributed by atoms with Gasteiger partial charge in [0.15, 0.2) is 11.7 Å². The molecule has 0 fully saturated rings. The summed E-state index contributed by atoms with van der Waals surface area (Å²) < 4.78 is 23.7. The third-order valence-corrected chi connectivity index (χ3v) is 4.15. The molecule has 0 aliphatic heterocycles. The average Bonchev–Trinajstić information content (AvgIpc) is 3.16. The normalized spacial score (nSPS) is 10.9. The molecule has 140 valence electrons. The molecule has 1 N–H and O–H groups in total. The molecule has 0 atom stereocenters. The van der Waals surface area contributed by atoms with Gasteiger partial charge < -0.3 is 14.2 Å². The number of nitrogens with zero attached hydrogens (tertiary/aromatic N) is 1. The molecular weight excluding hydrogens is 363 g/mol. The summed E-state index contributed by atoms with van der Waals surface area (Å²) in [6.45, 7) is 0. The number of fused-ring (bicyclic) bond motifs is 1. The maximum atomic E-state index is 13.0. The first-order valence-corrected chi connectivity index (χ1v) is 8.61. The first kappa shape index (κ1) is 17.7. The Balaban J connectivity index is 1.37. The van der Waals surface area contributed by atoms with E-state index in [-0.39, 0.29) is 18.1 Å². The van der Waals surface area contributed by atoms with Crippen molar-refractivity contribution < 1.29 is 18.0 Å². The van der Waals surface area contributed by atoms with Crippen molar-refractivity contribution in [3.63, 3.8) is 0 Å². The predicted molar refractivity (Wildman–Crippen MR) is 101 cm³/mol. The Hall–Kier alpha value is -3.74. The molecule has 2 heterocycles. The predicted octanol–water partition coefficient (Wildman–Crippen LogP) is 4.16. The van der Waals surface area contributed by atoms with Gasteiger partial charge in [0.05, 0.1) is 6.20 Å². The number of anilines is 1. The second-order valence-corrected chi connectivity index (χ2v) is 6.18. The maximum Gasteiger partial charge on any atom is 0.336 e. The van der Waals surface area contributed by atoms with Crippen molar-refractivity contribution in [2.75, 3.05) is 5.32 Å². The quantitative estimate of drug-likeness (QED) is 0.527. The highest BCUT2D eigenvalue weighted by molar-refractivity contribution is 5.93. The summed E-state index contributed by atoms with van der Waals surface area (Å²) in [7, 11) is 0. The molecule has 0 aliphatic rings. The van der Waals surface area contributed by atoms with Crippen molar-refractivity contribution in [1.29, 1.82) is 0 Å². The Kier molecular flexibility index (Phi) is 4.72. The third kappa shape index (κ3) is 3.98. The van der Waals surface area contributed by atoms with Crippen LogP contribution in [0.3, 0.4) is 0 Å². The highest BCUT2D eigenvalue weighted by Gasteiger charge is 2.10. The molecular formula is C21H15FN2O4. The molecule has 0 saturated heterocycles. The molecule has 0 aliphatic carbocycles. The van der Waals surface area contributed by atoms with Gasteiger partial charge in [-0.2, -0.15) is 0 Å². The van der Waals surface area contributed by atoms with Crippen LogP contribution in [-0.2, 0) is 11.2 Å². The molecule has 28 heavy (non-hydrogen) atoms. The van der Waals surface area contributed by atoms with Gasteiger partial charge in [-0.15, -0.1) is 0 Å². The second-order valence-electron chi connectivity index (χ2n) is 6.18. The van der Waals surface area contributed by atoms with Crippen molar-refractivity contribution in [3.8, 4) is 11.3 Å².